The Morgan fingerprint density at radius 2 is 2.00 bits per heavy atom. The highest BCUT2D eigenvalue weighted by Gasteiger charge is 2.34. The van der Waals surface area contributed by atoms with Crippen LogP contribution in [-0.4, -0.2) is 22.6 Å². The summed E-state index contributed by atoms with van der Waals surface area (Å²) in [5.41, 5.74) is 5.12. The number of urea groups is 1. The van der Waals surface area contributed by atoms with Gasteiger partial charge in [0, 0.05) is 24.2 Å². The molecule has 0 unspecified atom stereocenters. The Kier molecular flexibility index (Phi) is 4.60. The fraction of sp³-hybridized carbons (Fsp3) is 0.474. The molecule has 1 aliphatic rings. The first-order chi connectivity index (χ1) is 11.5. The van der Waals surface area contributed by atoms with Crippen LogP contribution in [0.1, 0.15) is 54.0 Å². The fourth-order valence-corrected chi connectivity index (χ4v) is 3.66. The van der Waals surface area contributed by atoms with E-state index in [1.807, 2.05) is 37.8 Å². The third-order valence-corrected chi connectivity index (χ3v) is 4.62. The van der Waals surface area contributed by atoms with Crippen LogP contribution in [0.2, 0.25) is 0 Å². The van der Waals surface area contributed by atoms with Gasteiger partial charge in [0.05, 0.1) is 11.7 Å². The standard InChI is InChI=1S/C19H25N3O2/c1-5-17-18(14(4)21-24-17)16-7-6-8-22(16)19(23)20-15-10-12(2)9-13(3)11-15/h9-11,16H,5-8H2,1-4H3,(H,20,23)/t16-/m0/s1. The van der Waals surface area contributed by atoms with E-state index in [2.05, 4.69) is 23.5 Å². The molecule has 1 aliphatic heterocycles. The predicted molar refractivity (Wildman–Crippen MR) is 94.2 cm³/mol. The molecular weight excluding hydrogens is 302 g/mol. The molecule has 128 valence electrons. The third-order valence-electron chi connectivity index (χ3n) is 4.62. The number of hydrogen-bond donors (Lipinski definition) is 1. The Morgan fingerprint density at radius 1 is 1.29 bits per heavy atom. The second kappa shape index (κ2) is 6.67. The van der Waals surface area contributed by atoms with Gasteiger partial charge in [-0.2, -0.15) is 0 Å². The van der Waals surface area contributed by atoms with Crippen molar-refractivity contribution in [1.29, 1.82) is 0 Å². The van der Waals surface area contributed by atoms with Crippen molar-refractivity contribution in [2.24, 2.45) is 0 Å². The van der Waals surface area contributed by atoms with Crippen molar-refractivity contribution in [3.05, 3.63) is 46.3 Å². The second-order valence-corrected chi connectivity index (χ2v) is 6.62. The molecule has 24 heavy (non-hydrogen) atoms. The SMILES string of the molecule is CCc1onc(C)c1[C@@H]1CCCN1C(=O)Nc1cc(C)cc(C)c1. The first kappa shape index (κ1) is 16.6. The van der Waals surface area contributed by atoms with Crippen LogP contribution in [0, 0.1) is 20.8 Å². The number of carbonyl (C=O) groups excluding carboxylic acids is 1. The van der Waals surface area contributed by atoms with Gasteiger partial charge in [-0.3, -0.25) is 0 Å². The summed E-state index contributed by atoms with van der Waals surface area (Å²) in [6.45, 7) is 8.84. The molecule has 0 saturated carbocycles. The molecule has 2 amide bonds. The van der Waals surface area contributed by atoms with Crippen molar-refractivity contribution < 1.29 is 9.32 Å². The van der Waals surface area contributed by atoms with E-state index >= 15 is 0 Å². The number of likely N-dealkylation sites (tertiary alicyclic amines) is 1. The maximum absolute atomic E-state index is 12.8. The summed E-state index contributed by atoms with van der Waals surface area (Å²) in [4.78, 5) is 14.7. The molecule has 0 radical (unpaired) electrons. The Bertz CT molecular complexity index is 731. The highest BCUT2D eigenvalue weighted by Crippen LogP contribution is 2.36. The summed E-state index contributed by atoms with van der Waals surface area (Å²) in [5, 5.41) is 7.15. The summed E-state index contributed by atoms with van der Waals surface area (Å²) < 4.78 is 5.43. The number of aryl methyl sites for hydroxylation is 4. The van der Waals surface area contributed by atoms with Crippen molar-refractivity contribution in [3.63, 3.8) is 0 Å². The molecular formula is C19H25N3O2. The van der Waals surface area contributed by atoms with Gasteiger partial charge >= 0.3 is 6.03 Å². The zero-order valence-corrected chi connectivity index (χ0v) is 14.8. The van der Waals surface area contributed by atoms with Gasteiger partial charge in [0.2, 0.25) is 0 Å². The van der Waals surface area contributed by atoms with Crippen molar-refractivity contribution in [3.8, 4) is 0 Å². The monoisotopic (exact) mass is 327 g/mol. The van der Waals surface area contributed by atoms with Gasteiger partial charge in [0.15, 0.2) is 0 Å². The molecule has 1 aromatic heterocycles. The Hall–Kier alpha value is -2.30. The lowest BCUT2D eigenvalue weighted by molar-refractivity contribution is 0.206. The molecule has 1 aromatic carbocycles. The molecule has 5 nitrogen and oxygen atoms in total. The smallest absolute Gasteiger partial charge is 0.322 e. The van der Waals surface area contributed by atoms with Gasteiger partial charge in [-0.05, 0) is 56.9 Å². The van der Waals surface area contributed by atoms with Crippen molar-refractivity contribution in [1.82, 2.24) is 10.1 Å². The first-order valence-electron chi connectivity index (χ1n) is 8.60. The molecule has 2 heterocycles. The molecule has 5 heteroatoms. The van der Waals surface area contributed by atoms with E-state index < -0.39 is 0 Å². The van der Waals surface area contributed by atoms with E-state index in [0.29, 0.717) is 0 Å². The highest BCUT2D eigenvalue weighted by atomic mass is 16.5. The van der Waals surface area contributed by atoms with Crippen molar-refractivity contribution >= 4 is 11.7 Å². The number of carbonyl (C=O) groups is 1. The molecule has 0 bridgehead atoms. The molecule has 0 aliphatic carbocycles. The van der Waals surface area contributed by atoms with Crippen molar-refractivity contribution in [2.45, 2.75) is 53.0 Å². The van der Waals surface area contributed by atoms with E-state index in [4.69, 9.17) is 4.52 Å². The third kappa shape index (κ3) is 3.16. The quantitative estimate of drug-likeness (QED) is 0.901. The highest BCUT2D eigenvalue weighted by molar-refractivity contribution is 5.90. The van der Waals surface area contributed by atoms with Gasteiger partial charge in [-0.15, -0.1) is 0 Å². The Labute approximate surface area is 143 Å². The summed E-state index contributed by atoms with van der Waals surface area (Å²) in [6, 6.07) is 6.10. The van der Waals surface area contributed by atoms with Gasteiger partial charge in [-0.25, -0.2) is 4.79 Å². The van der Waals surface area contributed by atoms with E-state index in [1.165, 1.54) is 0 Å². The lowest BCUT2D eigenvalue weighted by atomic mass is 10.0. The zero-order chi connectivity index (χ0) is 17.3. The van der Waals surface area contributed by atoms with Crippen LogP contribution in [0.3, 0.4) is 0 Å². The molecule has 1 saturated heterocycles. The van der Waals surface area contributed by atoms with E-state index in [-0.39, 0.29) is 12.1 Å². The average molecular weight is 327 g/mol. The van der Waals surface area contributed by atoms with Gasteiger partial charge in [0.1, 0.15) is 5.76 Å². The minimum absolute atomic E-state index is 0.0508. The van der Waals surface area contributed by atoms with Crippen LogP contribution in [0.5, 0.6) is 0 Å². The number of aromatic nitrogens is 1. The lowest BCUT2D eigenvalue weighted by Gasteiger charge is -2.25. The lowest BCUT2D eigenvalue weighted by Crippen LogP contribution is -2.34. The number of amides is 2. The maximum Gasteiger partial charge on any atom is 0.322 e. The minimum atomic E-state index is -0.0508. The number of hydrogen-bond acceptors (Lipinski definition) is 3. The summed E-state index contributed by atoms with van der Waals surface area (Å²) >= 11 is 0. The Balaban J connectivity index is 1.82. The maximum atomic E-state index is 12.8. The topological polar surface area (TPSA) is 58.4 Å². The summed E-state index contributed by atoms with van der Waals surface area (Å²) in [6.07, 6.45) is 2.74. The van der Waals surface area contributed by atoms with Crippen LogP contribution >= 0.6 is 0 Å². The normalized spacial score (nSPS) is 17.3. The van der Waals surface area contributed by atoms with Crippen LogP contribution in [0.4, 0.5) is 10.5 Å². The van der Waals surface area contributed by atoms with Crippen LogP contribution in [0.25, 0.3) is 0 Å². The number of anilines is 1. The largest absolute Gasteiger partial charge is 0.361 e. The number of rotatable bonds is 3. The van der Waals surface area contributed by atoms with Gasteiger partial charge < -0.3 is 14.7 Å². The van der Waals surface area contributed by atoms with Crippen LogP contribution in [-0.2, 0) is 6.42 Å². The molecule has 1 N–H and O–H groups in total. The average Bonchev–Trinajstić information content (AvgIpc) is 3.11. The number of nitrogens with one attached hydrogen (secondary N) is 1. The second-order valence-electron chi connectivity index (χ2n) is 6.62. The zero-order valence-electron chi connectivity index (χ0n) is 14.8. The molecule has 0 spiro atoms. The van der Waals surface area contributed by atoms with E-state index in [0.717, 1.165) is 59.6 Å². The van der Waals surface area contributed by atoms with Gasteiger partial charge in [-0.1, -0.05) is 18.1 Å². The number of benzene rings is 1. The van der Waals surface area contributed by atoms with Gasteiger partial charge in [0.25, 0.3) is 0 Å². The molecule has 1 atom stereocenters. The molecule has 2 aromatic rings. The molecule has 3 rings (SSSR count). The van der Waals surface area contributed by atoms with Crippen LogP contribution < -0.4 is 5.32 Å². The van der Waals surface area contributed by atoms with Crippen LogP contribution in [0.15, 0.2) is 22.7 Å². The minimum Gasteiger partial charge on any atom is -0.361 e. The fourth-order valence-electron chi connectivity index (χ4n) is 3.66. The summed E-state index contributed by atoms with van der Waals surface area (Å²) in [5.74, 6) is 0.892. The predicted octanol–water partition coefficient (Wildman–Crippen LogP) is 4.53. The molecule has 1 fully saturated rings. The van der Waals surface area contributed by atoms with E-state index in [9.17, 15) is 4.79 Å². The first-order valence-corrected chi connectivity index (χ1v) is 8.60. The summed E-state index contributed by atoms with van der Waals surface area (Å²) in [7, 11) is 0. The Morgan fingerprint density at radius 3 is 2.67 bits per heavy atom. The van der Waals surface area contributed by atoms with Crippen molar-refractivity contribution in [2.75, 3.05) is 11.9 Å². The number of nitrogens with zero attached hydrogens (tertiary/aromatic N) is 2. The van der Waals surface area contributed by atoms with E-state index in [1.54, 1.807) is 0 Å².